The van der Waals surface area contributed by atoms with E-state index in [9.17, 15) is 9.59 Å². The number of thiophene rings is 1. The molecule has 1 aliphatic rings. The first-order chi connectivity index (χ1) is 11.6. The molecule has 1 aromatic heterocycles. The third kappa shape index (κ3) is 3.43. The number of nitrogens with zero attached hydrogens (tertiary/aromatic N) is 1. The van der Waals surface area contributed by atoms with Crippen LogP contribution in [-0.2, 0) is 22.5 Å². The van der Waals surface area contributed by atoms with Crippen molar-refractivity contribution >= 4 is 28.9 Å². The molecule has 1 aliphatic heterocycles. The highest BCUT2D eigenvalue weighted by atomic mass is 32.1. The fraction of sp³-hybridized carbons (Fsp3) is 0.333. The predicted octanol–water partition coefficient (Wildman–Crippen LogP) is 2.84. The molecule has 2 heterocycles. The molecule has 1 N–H and O–H groups in total. The molecule has 0 saturated carbocycles. The molecule has 0 aliphatic carbocycles. The van der Waals surface area contributed by atoms with Crippen molar-refractivity contribution in [2.75, 3.05) is 25.5 Å². The van der Waals surface area contributed by atoms with Gasteiger partial charge >= 0.3 is 5.97 Å². The maximum absolute atomic E-state index is 12.4. The highest BCUT2D eigenvalue weighted by Gasteiger charge is 2.21. The number of benzene rings is 1. The van der Waals surface area contributed by atoms with Gasteiger partial charge in [-0.05, 0) is 54.1 Å². The molecule has 0 bridgehead atoms. The third-order valence-corrected chi connectivity index (χ3v) is 5.26. The van der Waals surface area contributed by atoms with Crippen molar-refractivity contribution in [1.82, 2.24) is 4.90 Å². The summed E-state index contributed by atoms with van der Waals surface area (Å²) in [4.78, 5) is 27.2. The fourth-order valence-electron chi connectivity index (χ4n) is 2.85. The monoisotopic (exact) mass is 344 g/mol. The summed E-state index contributed by atoms with van der Waals surface area (Å²) in [5, 5.41) is 5.26. The Labute approximate surface area is 145 Å². The maximum Gasteiger partial charge on any atom is 0.337 e. The van der Waals surface area contributed by atoms with E-state index >= 15 is 0 Å². The number of anilines is 1. The second kappa shape index (κ2) is 7.05. The van der Waals surface area contributed by atoms with E-state index in [2.05, 4.69) is 16.8 Å². The molecule has 0 saturated heterocycles. The van der Waals surface area contributed by atoms with Gasteiger partial charge in [-0.3, -0.25) is 4.79 Å². The van der Waals surface area contributed by atoms with Crippen LogP contribution >= 0.6 is 11.3 Å². The number of methoxy groups -OCH3 is 1. The molecular weight excluding hydrogens is 324 g/mol. The number of fused-ring (bicyclic) bond motifs is 1. The van der Waals surface area contributed by atoms with E-state index in [1.807, 2.05) is 17.9 Å². The number of rotatable bonds is 4. The van der Waals surface area contributed by atoms with Crippen LogP contribution in [-0.4, -0.2) is 37.0 Å². The number of aryl methyl sites for hydroxylation is 1. The summed E-state index contributed by atoms with van der Waals surface area (Å²) >= 11 is 1.77. The minimum Gasteiger partial charge on any atom is -0.465 e. The van der Waals surface area contributed by atoms with Crippen molar-refractivity contribution in [3.63, 3.8) is 0 Å². The molecule has 1 aromatic carbocycles. The van der Waals surface area contributed by atoms with Crippen LogP contribution in [0.5, 0.6) is 0 Å². The van der Waals surface area contributed by atoms with Crippen LogP contribution < -0.4 is 5.32 Å². The number of nitrogens with one attached hydrogen (secondary N) is 1. The third-order valence-electron chi connectivity index (χ3n) is 4.24. The summed E-state index contributed by atoms with van der Waals surface area (Å²) < 4.78 is 4.71. The van der Waals surface area contributed by atoms with Gasteiger partial charge in [0.1, 0.15) is 0 Å². The summed E-state index contributed by atoms with van der Waals surface area (Å²) in [6.45, 7) is 3.61. The lowest BCUT2D eigenvalue weighted by Crippen LogP contribution is -2.38. The maximum atomic E-state index is 12.4. The number of esters is 1. The van der Waals surface area contributed by atoms with Crippen molar-refractivity contribution in [2.24, 2.45) is 0 Å². The normalized spacial score (nSPS) is 13.3. The van der Waals surface area contributed by atoms with Crippen LogP contribution in [0.25, 0.3) is 0 Å². The van der Waals surface area contributed by atoms with Gasteiger partial charge in [-0.2, -0.15) is 0 Å². The number of hydrogen-bond acceptors (Lipinski definition) is 5. The summed E-state index contributed by atoms with van der Waals surface area (Å²) in [7, 11) is 1.36. The molecule has 24 heavy (non-hydrogen) atoms. The second-order valence-electron chi connectivity index (χ2n) is 5.81. The number of carbonyl (C=O) groups is 2. The Bertz CT molecular complexity index is 769. The fourth-order valence-corrected chi connectivity index (χ4v) is 3.74. The van der Waals surface area contributed by atoms with Gasteiger partial charge in [0.2, 0.25) is 5.91 Å². The van der Waals surface area contributed by atoms with Gasteiger partial charge in [0.15, 0.2) is 0 Å². The summed E-state index contributed by atoms with van der Waals surface area (Å²) in [6.07, 6.45) is 0.936. The van der Waals surface area contributed by atoms with Crippen molar-refractivity contribution in [3.8, 4) is 0 Å². The molecule has 2 aromatic rings. The molecule has 0 spiro atoms. The van der Waals surface area contributed by atoms with Crippen LogP contribution in [0.1, 0.15) is 26.4 Å². The molecule has 0 fully saturated rings. The van der Waals surface area contributed by atoms with E-state index in [1.54, 1.807) is 23.5 Å². The Morgan fingerprint density at radius 2 is 2.17 bits per heavy atom. The van der Waals surface area contributed by atoms with Gasteiger partial charge in [-0.25, -0.2) is 4.79 Å². The predicted molar refractivity (Wildman–Crippen MR) is 94.4 cm³/mol. The zero-order chi connectivity index (χ0) is 17.1. The van der Waals surface area contributed by atoms with Crippen molar-refractivity contribution < 1.29 is 14.3 Å². The SMILES string of the molecule is COC(=O)c1ccc(NCC(=O)N2CCc3sccc3C2)c(C)c1. The lowest BCUT2D eigenvalue weighted by molar-refractivity contribution is -0.130. The van der Waals surface area contributed by atoms with Crippen LogP contribution in [0.3, 0.4) is 0 Å². The highest BCUT2D eigenvalue weighted by Crippen LogP contribution is 2.24. The van der Waals surface area contributed by atoms with Crippen LogP contribution in [0, 0.1) is 6.92 Å². The lowest BCUT2D eigenvalue weighted by Gasteiger charge is -2.27. The van der Waals surface area contributed by atoms with Crippen LogP contribution in [0.4, 0.5) is 5.69 Å². The molecule has 5 nitrogen and oxygen atoms in total. The van der Waals surface area contributed by atoms with E-state index < -0.39 is 0 Å². The first-order valence-corrected chi connectivity index (χ1v) is 8.72. The smallest absolute Gasteiger partial charge is 0.337 e. The van der Waals surface area contributed by atoms with Crippen LogP contribution in [0.15, 0.2) is 29.6 Å². The number of carbonyl (C=O) groups excluding carboxylic acids is 2. The van der Waals surface area contributed by atoms with Gasteiger partial charge in [0, 0.05) is 23.7 Å². The average molecular weight is 344 g/mol. The Balaban J connectivity index is 1.60. The van der Waals surface area contributed by atoms with E-state index in [0.29, 0.717) is 12.1 Å². The van der Waals surface area contributed by atoms with Gasteiger partial charge in [-0.15, -0.1) is 11.3 Å². The van der Waals surface area contributed by atoms with Gasteiger partial charge < -0.3 is 15.0 Å². The molecule has 0 unspecified atom stereocenters. The minimum atomic E-state index is -0.361. The van der Waals surface area contributed by atoms with Crippen molar-refractivity contribution in [3.05, 3.63) is 51.2 Å². The van der Waals surface area contributed by atoms with E-state index in [1.165, 1.54) is 17.6 Å². The Morgan fingerprint density at radius 1 is 1.33 bits per heavy atom. The van der Waals surface area contributed by atoms with Crippen molar-refractivity contribution in [1.29, 1.82) is 0 Å². The minimum absolute atomic E-state index is 0.0864. The molecular formula is C18H20N2O3S. The molecule has 0 atom stereocenters. The quantitative estimate of drug-likeness (QED) is 0.867. The Kier molecular flexibility index (Phi) is 4.85. The summed E-state index contributed by atoms with van der Waals surface area (Å²) in [5.41, 5.74) is 3.53. The Morgan fingerprint density at radius 3 is 2.92 bits per heavy atom. The van der Waals surface area contributed by atoms with E-state index in [4.69, 9.17) is 4.74 Å². The van der Waals surface area contributed by atoms with Gasteiger partial charge in [0.25, 0.3) is 0 Å². The standard InChI is InChI=1S/C18H20N2O3S/c1-12-9-13(18(22)23-2)3-4-15(12)19-10-17(21)20-7-5-16-14(11-20)6-8-24-16/h3-4,6,8-9,19H,5,7,10-11H2,1-2H3. The number of hydrogen-bond donors (Lipinski definition) is 1. The zero-order valence-corrected chi connectivity index (χ0v) is 14.6. The van der Waals surface area contributed by atoms with Crippen molar-refractivity contribution in [2.45, 2.75) is 19.9 Å². The largest absolute Gasteiger partial charge is 0.465 e. The van der Waals surface area contributed by atoms with Gasteiger partial charge in [0.05, 0.1) is 19.2 Å². The topological polar surface area (TPSA) is 58.6 Å². The number of amides is 1. The first kappa shape index (κ1) is 16.5. The summed E-state index contributed by atoms with van der Waals surface area (Å²) in [5.74, 6) is -0.274. The second-order valence-corrected chi connectivity index (χ2v) is 6.81. The van der Waals surface area contributed by atoms with E-state index in [-0.39, 0.29) is 18.4 Å². The average Bonchev–Trinajstić information content (AvgIpc) is 3.07. The zero-order valence-electron chi connectivity index (χ0n) is 13.8. The van der Waals surface area contributed by atoms with E-state index in [0.717, 1.165) is 24.2 Å². The van der Waals surface area contributed by atoms with Crippen LogP contribution in [0.2, 0.25) is 0 Å². The first-order valence-electron chi connectivity index (χ1n) is 7.84. The Hall–Kier alpha value is -2.34. The highest BCUT2D eigenvalue weighted by molar-refractivity contribution is 7.10. The molecule has 0 radical (unpaired) electrons. The molecule has 3 rings (SSSR count). The molecule has 1 amide bonds. The summed E-state index contributed by atoms with van der Waals surface area (Å²) in [6, 6.07) is 7.37. The van der Waals surface area contributed by atoms with Gasteiger partial charge in [-0.1, -0.05) is 0 Å². The molecule has 126 valence electrons. The number of ether oxygens (including phenoxy) is 1. The lowest BCUT2D eigenvalue weighted by atomic mass is 10.1. The molecule has 6 heteroatoms.